The average molecular weight is 217 g/mol. The zero-order chi connectivity index (χ0) is 12.0. The molecular formula is C13H19N3. The summed E-state index contributed by atoms with van der Waals surface area (Å²) in [4.78, 5) is 6.38. The van der Waals surface area contributed by atoms with E-state index in [0.29, 0.717) is 11.7 Å². The van der Waals surface area contributed by atoms with Gasteiger partial charge in [-0.2, -0.15) is 5.26 Å². The predicted molar refractivity (Wildman–Crippen MR) is 64.8 cm³/mol. The Kier molecular flexibility index (Phi) is 4.94. The molecule has 1 aromatic heterocycles. The van der Waals surface area contributed by atoms with Gasteiger partial charge in [-0.15, -0.1) is 0 Å². The summed E-state index contributed by atoms with van der Waals surface area (Å²) < 4.78 is 0. The van der Waals surface area contributed by atoms with Gasteiger partial charge in [0.25, 0.3) is 0 Å². The molecule has 1 unspecified atom stereocenters. The lowest BCUT2D eigenvalue weighted by molar-refractivity contribution is 0.206. The molecule has 0 amide bonds. The van der Waals surface area contributed by atoms with Crippen molar-refractivity contribution < 1.29 is 0 Å². The fourth-order valence-corrected chi connectivity index (χ4v) is 1.71. The lowest BCUT2D eigenvalue weighted by Gasteiger charge is -2.26. The Hall–Kier alpha value is -1.40. The molecule has 1 rings (SSSR count). The molecule has 0 radical (unpaired) electrons. The van der Waals surface area contributed by atoms with Gasteiger partial charge in [0.15, 0.2) is 0 Å². The third-order valence-corrected chi connectivity index (χ3v) is 2.94. The molecular weight excluding hydrogens is 198 g/mol. The fraction of sp³-hybridized carbons (Fsp3) is 0.538. The van der Waals surface area contributed by atoms with Crippen molar-refractivity contribution in [3.63, 3.8) is 0 Å². The van der Waals surface area contributed by atoms with Crippen LogP contribution in [-0.2, 0) is 6.54 Å². The first-order chi connectivity index (χ1) is 7.71. The average Bonchev–Trinajstić information content (AvgIpc) is 2.35. The van der Waals surface area contributed by atoms with E-state index in [-0.39, 0.29) is 0 Å². The van der Waals surface area contributed by atoms with Gasteiger partial charge in [0.1, 0.15) is 11.8 Å². The standard InChI is InChI=1S/C13H19N3/c1-4-11(3)16(5-2)10-12-6-7-15-13(8-12)9-14/h6-8,11H,4-5,10H2,1-3H3. The topological polar surface area (TPSA) is 39.9 Å². The third-order valence-electron chi connectivity index (χ3n) is 2.94. The lowest BCUT2D eigenvalue weighted by atomic mass is 10.1. The SMILES string of the molecule is CCC(C)N(CC)Cc1ccnc(C#N)c1. The molecule has 0 aliphatic carbocycles. The van der Waals surface area contributed by atoms with Crippen LogP contribution in [0.25, 0.3) is 0 Å². The van der Waals surface area contributed by atoms with Crippen LogP contribution < -0.4 is 0 Å². The Morgan fingerprint density at radius 1 is 1.50 bits per heavy atom. The van der Waals surface area contributed by atoms with Crippen molar-refractivity contribution in [2.24, 2.45) is 0 Å². The van der Waals surface area contributed by atoms with Gasteiger partial charge in [-0.05, 0) is 37.6 Å². The summed E-state index contributed by atoms with van der Waals surface area (Å²) in [5.41, 5.74) is 1.66. The first-order valence-corrected chi connectivity index (χ1v) is 5.80. The van der Waals surface area contributed by atoms with E-state index >= 15 is 0 Å². The van der Waals surface area contributed by atoms with Crippen molar-refractivity contribution in [1.82, 2.24) is 9.88 Å². The monoisotopic (exact) mass is 217 g/mol. The molecule has 86 valence electrons. The van der Waals surface area contributed by atoms with Crippen LogP contribution in [0.5, 0.6) is 0 Å². The summed E-state index contributed by atoms with van der Waals surface area (Å²) >= 11 is 0. The first-order valence-electron chi connectivity index (χ1n) is 5.80. The normalized spacial score (nSPS) is 12.4. The highest BCUT2D eigenvalue weighted by molar-refractivity contribution is 5.25. The van der Waals surface area contributed by atoms with Crippen molar-refractivity contribution in [3.8, 4) is 6.07 Å². The Morgan fingerprint density at radius 2 is 2.25 bits per heavy atom. The Bertz CT molecular complexity index is 368. The first kappa shape index (κ1) is 12.7. The van der Waals surface area contributed by atoms with Crippen molar-refractivity contribution in [1.29, 1.82) is 5.26 Å². The summed E-state index contributed by atoms with van der Waals surface area (Å²) in [6.07, 6.45) is 2.85. The zero-order valence-corrected chi connectivity index (χ0v) is 10.3. The third kappa shape index (κ3) is 3.32. The van der Waals surface area contributed by atoms with Crippen LogP contribution in [0.2, 0.25) is 0 Å². The van der Waals surface area contributed by atoms with Crippen LogP contribution in [0, 0.1) is 11.3 Å². The number of pyridine rings is 1. The van der Waals surface area contributed by atoms with Gasteiger partial charge in [-0.25, -0.2) is 4.98 Å². The summed E-state index contributed by atoms with van der Waals surface area (Å²) in [6, 6.07) is 6.49. The van der Waals surface area contributed by atoms with E-state index in [2.05, 4.69) is 36.7 Å². The predicted octanol–water partition coefficient (Wildman–Crippen LogP) is 2.57. The maximum atomic E-state index is 8.78. The number of hydrogen-bond acceptors (Lipinski definition) is 3. The molecule has 0 N–H and O–H groups in total. The van der Waals surface area contributed by atoms with Crippen LogP contribution >= 0.6 is 0 Å². The quantitative estimate of drug-likeness (QED) is 0.761. The Balaban J connectivity index is 2.74. The van der Waals surface area contributed by atoms with E-state index in [0.717, 1.165) is 25.1 Å². The van der Waals surface area contributed by atoms with E-state index in [4.69, 9.17) is 5.26 Å². The number of rotatable bonds is 5. The number of aromatic nitrogens is 1. The van der Waals surface area contributed by atoms with Crippen molar-refractivity contribution >= 4 is 0 Å². The molecule has 0 fully saturated rings. The van der Waals surface area contributed by atoms with Gasteiger partial charge in [-0.1, -0.05) is 13.8 Å². The second kappa shape index (κ2) is 6.24. The summed E-state index contributed by atoms with van der Waals surface area (Å²) in [7, 11) is 0. The smallest absolute Gasteiger partial charge is 0.140 e. The maximum Gasteiger partial charge on any atom is 0.140 e. The van der Waals surface area contributed by atoms with E-state index < -0.39 is 0 Å². The van der Waals surface area contributed by atoms with E-state index in [1.54, 1.807) is 6.20 Å². The number of nitriles is 1. The second-order valence-corrected chi connectivity index (χ2v) is 3.98. The van der Waals surface area contributed by atoms with Crippen molar-refractivity contribution in [2.75, 3.05) is 6.54 Å². The summed E-state index contributed by atoms with van der Waals surface area (Å²) in [5.74, 6) is 0. The minimum atomic E-state index is 0.498. The summed E-state index contributed by atoms with van der Waals surface area (Å²) in [6.45, 7) is 8.51. The highest BCUT2D eigenvalue weighted by atomic mass is 15.1. The highest BCUT2D eigenvalue weighted by Gasteiger charge is 2.10. The molecule has 0 aliphatic rings. The van der Waals surface area contributed by atoms with Crippen molar-refractivity contribution in [2.45, 2.75) is 39.8 Å². The molecule has 0 aromatic carbocycles. The molecule has 0 bridgehead atoms. The van der Waals surface area contributed by atoms with Gasteiger partial charge in [0, 0.05) is 18.8 Å². The van der Waals surface area contributed by atoms with Crippen LogP contribution in [0.3, 0.4) is 0 Å². The molecule has 1 aromatic rings. The molecule has 1 atom stereocenters. The molecule has 0 spiro atoms. The molecule has 3 nitrogen and oxygen atoms in total. The van der Waals surface area contributed by atoms with Gasteiger partial charge in [0.2, 0.25) is 0 Å². The molecule has 3 heteroatoms. The number of nitrogens with zero attached hydrogens (tertiary/aromatic N) is 3. The maximum absolute atomic E-state index is 8.78. The second-order valence-electron chi connectivity index (χ2n) is 3.98. The van der Waals surface area contributed by atoms with Crippen molar-refractivity contribution in [3.05, 3.63) is 29.6 Å². The Labute approximate surface area is 97.7 Å². The number of hydrogen-bond donors (Lipinski definition) is 0. The molecule has 0 saturated heterocycles. The Morgan fingerprint density at radius 3 is 2.81 bits per heavy atom. The molecule has 0 aliphatic heterocycles. The summed E-state index contributed by atoms with van der Waals surface area (Å²) in [5, 5.41) is 8.78. The van der Waals surface area contributed by atoms with E-state index in [1.165, 1.54) is 0 Å². The van der Waals surface area contributed by atoms with Crippen LogP contribution in [-0.4, -0.2) is 22.5 Å². The molecule has 0 saturated carbocycles. The zero-order valence-electron chi connectivity index (χ0n) is 10.3. The fourth-order valence-electron chi connectivity index (χ4n) is 1.71. The van der Waals surface area contributed by atoms with Gasteiger partial charge < -0.3 is 0 Å². The molecule has 16 heavy (non-hydrogen) atoms. The largest absolute Gasteiger partial charge is 0.297 e. The molecule has 1 heterocycles. The van der Waals surface area contributed by atoms with Crippen LogP contribution in [0.4, 0.5) is 0 Å². The van der Waals surface area contributed by atoms with Gasteiger partial charge in [0.05, 0.1) is 0 Å². The highest BCUT2D eigenvalue weighted by Crippen LogP contribution is 2.10. The van der Waals surface area contributed by atoms with E-state index in [9.17, 15) is 0 Å². The van der Waals surface area contributed by atoms with Crippen LogP contribution in [0.1, 0.15) is 38.4 Å². The lowest BCUT2D eigenvalue weighted by Crippen LogP contribution is -2.31. The minimum Gasteiger partial charge on any atom is -0.297 e. The van der Waals surface area contributed by atoms with Gasteiger partial charge in [-0.3, -0.25) is 4.90 Å². The van der Waals surface area contributed by atoms with Crippen LogP contribution in [0.15, 0.2) is 18.3 Å². The van der Waals surface area contributed by atoms with E-state index in [1.807, 2.05) is 12.1 Å². The van der Waals surface area contributed by atoms with Gasteiger partial charge >= 0.3 is 0 Å². The minimum absolute atomic E-state index is 0.498.